The van der Waals surface area contributed by atoms with E-state index in [0.29, 0.717) is 19.6 Å². The maximum atomic E-state index is 13.8. The van der Waals surface area contributed by atoms with E-state index in [-0.39, 0.29) is 29.9 Å². The van der Waals surface area contributed by atoms with Crippen LogP contribution in [0, 0.1) is 5.41 Å². The summed E-state index contributed by atoms with van der Waals surface area (Å²) in [5.41, 5.74) is 1.78. The van der Waals surface area contributed by atoms with Crippen LogP contribution in [-0.4, -0.2) is 67.1 Å². The first-order chi connectivity index (χ1) is 18.1. The van der Waals surface area contributed by atoms with Crippen LogP contribution in [-0.2, 0) is 25.5 Å². The SMILES string of the molecule is CCCCCCO[C@H]1Cc2ccccc2C1NC(=O)[C@@H]1CCCN1C(=O)[C@@H](NC(=O)[C@H](C)NC)C(C)(C)C. The van der Waals surface area contributed by atoms with Crippen molar-refractivity contribution >= 4 is 17.7 Å². The molecule has 3 amide bonds. The summed E-state index contributed by atoms with van der Waals surface area (Å²) < 4.78 is 6.29. The maximum absolute atomic E-state index is 13.8. The van der Waals surface area contributed by atoms with E-state index in [1.807, 2.05) is 32.9 Å². The number of benzene rings is 1. The van der Waals surface area contributed by atoms with Crippen LogP contribution in [0.25, 0.3) is 0 Å². The highest BCUT2D eigenvalue weighted by Gasteiger charge is 2.43. The van der Waals surface area contributed by atoms with Crippen molar-refractivity contribution in [1.29, 1.82) is 0 Å². The lowest BCUT2D eigenvalue weighted by Crippen LogP contribution is -2.59. The van der Waals surface area contributed by atoms with Gasteiger partial charge in [0.15, 0.2) is 0 Å². The number of hydrogen-bond acceptors (Lipinski definition) is 5. The van der Waals surface area contributed by atoms with Crippen LogP contribution in [0.1, 0.15) is 90.3 Å². The molecule has 3 rings (SSSR count). The van der Waals surface area contributed by atoms with Gasteiger partial charge in [-0.2, -0.15) is 0 Å². The average molecular weight is 529 g/mol. The molecule has 0 aromatic heterocycles. The second-order valence-electron chi connectivity index (χ2n) is 11.9. The van der Waals surface area contributed by atoms with Crippen molar-refractivity contribution in [2.45, 2.75) is 110 Å². The molecule has 1 heterocycles. The number of nitrogens with zero attached hydrogens (tertiary/aromatic N) is 1. The zero-order valence-electron chi connectivity index (χ0n) is 24.1. The van der Waals surface area contributed by atoms with Crippen molar-refractivity contribution in [2.75, 3.05) is 20.2 Å². The van der Waals surface area contributed by atoms with Crippen LogP contribution in [0.4, 0.5) is 0 Å². The molecule has 8 heteroatoms. The number of likely N-dealkylation sites (tertiary alicyclic amines) is 1. The zero-order chi connectivity index (χ0) is 27.9. The lowest BCUT2D eigenvalue weighted by Gasteiger charge is -2.36. The Balaban J connectivity index is 1.72. The smallest absolute Gasteiger partial charge is 0.246 e. The number of hydrogen-bond donors (Lipinski definition) is 3. The first kappa shape index (κ1) is 30.1. The molecule has 1 aliphatic carbocycles. The van der Waals surface area contributed by atoms with Crippen LogP contribution >= 0.6 is 0 Å². The normalized spacial score (nSPS) is 22.6. The Hall–Kier alpha value is -2.45. The number of ether oxygens (including phenoxy) is 1. The molecule has 2 aliphatic rings. The highest BCUT2D eigenvalue weighted by molar-refractivity contribution is 5.94. The molecule has 8 nitrogen and oxygen atoms in total. The van der Waals surface area contributed by atoms with Crippen LogP contribution in [0.2, 0.25) is 0 Å². The quantitative estimate of drug-likeness (QED) is 0.361. The molecule has 1 fully saturated rings. The Morgan fingerprint density at radius 3 is 2.55 bits per heavy atom. The van der Waals surface area contributed by atoms with Crippen molar-refractivity contribution in [3.05, 3.63) is 35.4 Å². The monoisotopic (exact) mass is 528 g/mol. The zero-order valence-corrected chi connectivity index (χ0v) is 24.1. The Labute approximate surface area is 228 Å². The summed E-state index contributed by atoms with van der Waals surface area (Å²) in [6, 6.07) is 6.22. The third-order valence-electron chi connectivity index (χ3n) is 7.88. The van der Waals surface area contributed by atoms with E-state index in [0.717, 1.165) is 31.2 Å². The van der Waals surface area contributed by atoms with E-state index in [1.165, 1.54) is 18.4 Å². The summed E-state index contributed by atoms with van der Waals surface area (Å²) in [5.74, 6) is -0.593. The average Bonchev–Trinajstić information content (AvgIpc) is 3.51. The predicted molar refractivity (Wildman–Crippen MR) is 150 cm³/mol. The number of carbonyl (C=O) groups is 3. The molecule has 1 aliphatic heterocycles. The second kappa shape index (κ2) is 13.6. The maximum Gasteiger partial charge on any atom is 0.246 e. The first-order valence-electron chi connectivity index (χ1n) is 14.4. The Morgan fingerprint density at radius 2 is 1.87 bits per heavy atom. The highest BCUT2D eigenvalue weighted by Crippen LogP contribution is 2.34. The number of rotatable bonds is 12. The number of fused-ring (bicyclic) bond motifs is 1. The number of unbranched alkanes of at least 4 members (excludes halogenated alkanes) is 3. The summed E-state index contributed by atoms with van der Waals surface area (Å²) in [5, 5.41) is 9.11. The van der Waals surface area contributed by atoms with Gasteiger partial charge in [-0.1, -0.05) is 71.2 Å². The van der Waals surface area contributed by atoms with Crippen molar-refractivity contribution in [3.8, 4) is 0 Å². The summed E-state index contributed by atoms with van der Waals surface area (Å²) in [7, 11) is 1.71. The molecular formula is C30H48N4O4. The predicted octanol–water partition coefficient (Wildman–Crippen LogP) is 3.50. The van der Waals surface area contributed by atoms with Crippen LogP contribution in [0.5, 0.6) is 0 Å². The fourth-order valence-electron chi connectivity index (χ4n) is 5.41. The number of carbonyl (C=O) groups excluding carboxylic acids is 3. The Morgan fingerprint density at radius 1 is 1.13 bits per heavy atom. The van der Waals surface area contributed by atoms with Gasteiger partial charge in [-0.3, -0.25) is 14.4 Å². The number of amides is 3. The molecule has 1 unspecified atom stereocenters. The van der Waals surface area contributed by atoms with Gasteiger partial charge in [0, 0.05) is 19.6 Å². The summed E-state index contributed by atoms with van der Waals surface area (Å²) in [6.45, 7) is 10.9. The molecule has 5 atom stereocenters. The van der Waals surface area contributed by atoms with Gasteiger partial charge in [0.2, 0.25) is 17.7 Å². The minimum atomic E-state index is -0.731. The van der Waals surface area contributed by atoms with Gasteiger partial charge in [0.05, 0.1) is 18.2 Å². The molecule has 0 bridgehead atoms. The first-order valence-corrected chi connectivity index (χ1v) is 14.4. The van der Waals surface area contributed by atoms with Crippen molar-refractivity contribution in [3.63, 3.8) is 0 Å². The Bertz CT molecular complexity index is 960. The van der Waals surface area contributed by atoms with Crippen molar-refractivity contribution in [2.24, 2.45) is 5.41 Å². The summed E-state index contributed by atoms with van der Waals surface area (Å²) >= 11 is 0. The summed E-state index contributed by atoms with van der Waals surface area (Å²) in [6.07, 6.45) is 6.54. The van der Waals surface area contributed by atoms with Crippen LogP contribution < -0.4 is 16.0 Å². The lowest BCUT2D eigenvalue weighted by atomic mass is 9.85. The molecule has 0 spiro atoms. The molecule has 1 aromatic rings. The lowest BCUT2D eigenvalue weighted by molar-refractivity contribution is -0.144. The molecule has 0 saturated carbocycles. The third kappa shape index (κ3) is 7.35. The van der Waals surface area contributed by atoms with Crippen molar-refractivity contribution in [1.82, 2.24) is 20.9 Å². The van der Waals surface area contributed by atoms with Gasteiger partial charge in [-0.05, 0) is 49.8 Å². The van der Waals surface area contributed by atoms with E-state index in [9.17, 15) is 14.4 Å². The van der Waals surface area contributed by atoms with Gasteiger partial charge in [-0.15, -0.1) is 0 Å². The largest absolute Gasteiger partial charge is 0.375 e. The van der Waals surface area contributed by atoms with E-state index in [4.69, 9.17) is 4.74 Å². The molecule has 3 N–H and O–H groups in total. The topological polar surface area (TPSA) is 99.8 Å². The van der Waals surface area contributed by atoms with Gasteiger partial charge >= 0.3 is 0 Å². The fourth-order valence-corrected chi connectivity index (χ4v) is 5.41. The molecule has 212 valence electrons. The van der Waals surface area contributed by atoms with Crippen LogP contribution in [0.15, 0.2) is 24.3 Å². The minimum Gasteiger partial charge on any atom is -0.375 e. The van der Waals surface area contributed by atoms with E-state index in [2.05, 4.69) is 35.0 Å². The van der Waals surface area contributed by atoms with Gasteiger partial charge in [0.25, 0.3) is 0 Å². The molecule has 1 saturated heterocycles. The highest BCUT2D eigenvalue weighted by atomic mass is 16.5. The van der Waals surface area contributed by atoms with Crippen molar-refractivity contribution < 1.29 is 19.1 Å². The standard InChI is InChI=1S/C30H48N4O4/c1-7-8-9-12-18-38-24-19-21-14-10-11-15-22(21)25(24)32-28(36)23-16-13-17-34(23)29(37)26(30(3,4)5)33-27(35)20(2)31-6/h10-11,14-15,20,23-26,31H,7-9,12-13,16-19H2,1-6H3,(H,32,36)(H,33,35)/t20-,23-,24-,25?,26+/m0/s1. The van der Waals surface area contributed by atoms with Gasteiger partial charge < -0.3 is 25.6 Å². The molecular weight excluding hydrogens is 480 g/mol. The minimum absolute atomic E-state index is 0.117. The Kier molecular flexibility index (Phi) is 10.7. The molecule has 38 heavy (non-hydrogen) atoms. The van der Waals surface area contributed by atoms with E-state index >= 15 is 0 Å². The number of nitrogens with one attached hydrogen (secondary N) is 3. The molecule has 1 aromatic carbocycles. The third-order valence-corrected chi connectivity index (χ3v) is 7.88. The van der Waals surface area contributed by atoms with E-state index < -0.39 is 23.5 Å². The van der Waals surface area contributed by atoms with Crippen LogP contribution in [0.3, 0.4) is 0 Å². The molecule has 0 radical (unpaired) electrons. The summed E-state index contributed by atoms with van der Waals surface area (Å²) in [4.78, 5) is 41.8. The van der Waals surface area contributed by atoms with Gasteiger partial charge in [0.1, 0.15) is 12.1 Å². The number of likely N-dealkylation sites (N-methyl/N-ethyl adjacent to an activating group) is 1. The fraction of sp³-hybridized carbons (Fsp3) is 0.700. The van der Waals surface area contributed by atoms with Gasteiger partial charge in [-0.25, -0.2) is 0 Å². The van der Waals surface area contributed by atoms with E-state index in [1.54, 1.807) is 18.9 Å². The second-order valence-corrected chi connectivity index (χ2v) is 11.9.